The summed E-state index contributed by atoms with van der Waals surface area (Å²) in [5.74, 6) is 1.11. The Kier molecular flexibility index (Phi) is 4.73. The summed E-state index contributed by atoms with van der Waals surface area (Å²) in [6, 6.07) is 3.79. The highest BCUT2D eigenvalue weighted by Crippen LogP contribution is 2.26. The van der Waals surface area contributed by atoms with Crippen molar-refractivity contribution in [3.05, 3.63) is 28.8 Å². The molecule has 0 aliphatic rings. The van der Waals surface area contributed by atoms with Crippen molar-refractivity contribution in [1.29, 1.82) is 0 Å². The van der Waals surface area contributed by atoms with Crippen LogP contribution in [0.1, 0.15) is 55.1 Å². The molecule has 1 aromatic carbocycles. The lowest BCUT2D eigenvalue weighted by Gasteiger charge is -2.16. The van der Waals surface area contributed by atoms with Gasteiger partial charge in [-0.3, -0.25) is 4.79 Å². The van der Waals surface area contributed by atoms with Crippen LogP contribution in [0.4, 0.5) is 0 Å². The van der Waals surface area contributed by atoms with E-state index in [0.717, 1.165) is 28.9 Å². The molecule has 0 fully saturated rings. The van der Waals surface area contributed by atoms with E-state index in [9.17, 15) is 4.79 Å². The molecule has 2 nitrogen and oxygen atoms in total. The summed E-state index contributed by atoms with van der Waals surface area (Å²) < 4.78 is 5.71. The third-order valence-corrected chi connectivity index (χ3v) is 2.88. The number of Topliss-reactive ketones (excluding diaryl/α,β-unsaturated/α-hetero) is 1. The van der Waals surface area contributed by atoms with Crippen LogP contribution in [0.5, 0.6) is 5.75 Å². The molecule has 17 heavy (non-hydrogen) atoms. The van der Waals surface area contributed by atoms with Crippen molar-refractivity contribution in [2.75, 3.05) is 0 Å². The first kappa shape index (κ1) is 13.8. The molecule has 0 heterocycles. The second-order valence-corrected chi connectivity index (χ2v) is 4.70. The zero-order chi connectivity index (χ0) is 13.0. The molecule has 0 aromatic heterocycles. The fraction of sp³-hybridized carbons (Fsp3) is 0.533. The fourth-order valence-electron chi connectivity index (χ4n) is 1.84. The number of hydrogen-bond acceptors (Lipinski definition) is 2. The van der Waals surface area contributed by atoms with Crippen molar-refractivity contribution in [3.63, 3.8) is 0 Å². The van der Waals surface area contributed by atoms with Crippen LogP contribution >= 0.6 is 0 Å². The van der Waals surface area contributed by atoms with Gasteiger partial charge in [0.1, 0.15) is 5.75 Å². The van der Waals surface area contributed by atoms with E-state index in [1.54, 1.807) is 0 Å². The Morgan fingerprint density at radius 3 is 2.41 bits per heavy atom. The molecule has 0 saturated carbocycles. The molecule has 0 aliphatic heterocycles. The van der Waals surface area contributed by atoms with Gasteiger partial charge < -0.3 is 4.74 Å². The number of carbonyl (C=O) groups is 1. The maximum atomic E-state index is 11.9. The minimum atomic E-state index is 0.158. The highest BCUT2D eigenvalue weighted by atomic mass is 16.5. The monoisotopic (exact) mass is 234 g/mol. The van der Waals surface area contributed by atoms with Crippen LogP contribution in [-0.2, 0) is 0 Å². The lowest BCUT2D eigenvalue weighted by Crippen LogP contribution is -2.09. The zero-order valence-corrected chi connectivity index (χ0v) is 11.5. The molecule has 0 unspecified atom stereocenters. The number of benzene rings is 1. The molecule has 0 spiro atoms. The summed E-state index contributed by atoms with van der Waals surface area (Å²) in [7, 11) is 0. The summed E-state index contributed by atoms with van der Waals surface area (Å²) in [5, 5.41) is 0. The summed E-state index contributed by atoms with van der Waals surface area (Å²) in [6.07, 6.45) is 1.66. The third kappa shape index (κ3) is 3.32. The Hall–Kier alpha value is -1.31. The zero-order valence-electron chi connectivity index (χ0n) is 11.5. The van der Waals surface area contributed by atoms with E-state index < -0.39 is 0 Å². The van der Waals surface area contributed by atoms with Gasteiger partial charge in [0.25, 0.3) is 0 Å². The van der Waals surface area contributed by atoms with Crippen LogP contribution in [-0.4, -0.2) is 11.9 Å². The molecule has 2 heteroatoms. The molecule has 0 saturated heterocycles. The van der Waals surface area contributed by atoms with Crippen molar-refractivity contribution in [3.8, 4) is 5.75 Å². The van der Waals surface area contributed by atoms with Gasteiger partial charge in [-0.25, -0.2) is 0 Å². The smallest absolute Gasteiger partial charge is 0.163 e. The second-order valence-electron chi connectivity index (χ2n) is 4.70. The summed E-state index contributed by atoms with van der Waals surface area (Å²) >= 11 is 0. The molecule has 0 N–H and O–H groups in total. The fourth-order valence-corrected chi connectivity index (χ4v) is 1.84. The van der Waals surface area contributed by atoms with Crippen molar-refractivity contribution >= 4 is 5.78 Å². The van der Waals surface area contributed by atoms with E-state index in [2.05, 4.69) is 0 Å². The largest absolute Gasteiger partial charge is 0.491 e. The topological polar surface area (TPSA) is 26.3 Å². The van der Waals surface area contributed by atoms with E-state index in [4.69, 9.17) is 4.74 Å². The van der Waals surface area contributed by atoms with Crippen LogP contribution < -0.4 is 4.74 Å². The lowest BCUT2D eigenvalue weighted by atomic mass is 9.97. The minimum absolute atomic E-state index is 0.158. The van der Waals surface area contributed by atoms with Crippen molar-refractivity contribution < 1.29 is 9.53 Å². The molecule has 1 rings (SSSR count). The first-order chi connectivity index (χ1) is 7.97. The predicted molar refractivity (Wildman–Crippen MR) is 70.9 cm³/mol. The van der Waals surface area contributed by atoms with E-state index in [0.29, 0.717) is 6.42 Å². The number of ether oxygens (including phenoxy) is 1. The molecule has 0 radical (unpaired) electrons. The van der Waals surface area contributed by atoms with E-state index >= 15 is 0 Å². The van der Waals surface area contributed by atoms with Gasteiger partial charge >= 0.3 is 0 Å². The molecule has 1 aromatic rings. The van der Waals surface area contributed by atoms with Crippen LogP contribution in [0.2, 0.25) is 0 Å². The maximum Gasteiger partial charge on any atom is 0.163 e. The highest BCUT2D eigenvalue weighted by Gasteiger charge is 2.13. The van der Waals surface area contributed by atoms with Gasteiger partial charge in [0.2, 0.25) is 0 Å². The molecule has 0 aliphatic carbocycles. The Morgan fingerprint density at radius 2 is 1.88 bits per heavy atom. The van der Waals surface area contributed by atoms with Gasteiger partial charge in [-0.05, 0) is 57.4 Å². The SMILES string of the molecule is CCCC(=O)c1ccc(OC(C)C)c(C)c1C. The number of rotatable bonds is 5. The minimum Gasteiger partial charge on any atom is -0.491 e. The normalized spacial score (nSPS) is 10.7. The standard InChI is InChI=1S/C15H22O2/c1-6-7-14(16)13-8-9-15(17-10(2)3)12(5)11(13)4/h8-10H,6-7H2,1-5H3. The number of ketones is 1. The van der Waals surface area contributed by atoms with Crippen molar-refractivity contribution in [2.45, 2.75) is 53.6 Å². The lowest BCUT2D eigenvalue weighted by molar-refractivity contribution is 0.0981. The van der Waals surface area contributed by atoms with Gasteiger partial charge in [0.15, 0.2) is 5.78 Å². The molecular formula is C15H22O2. The highest BCUT2D eigenvalue weighted by molar-refractivity contribution is 5.97. The Balaban J connectivity index is 3.06. The maximum absolute atomic E-state index is 11.9. The Labute approximate surface area is 104 Å². The van der Waals surface area contributed by atoms with Crippen molar-refractivity contribution in [2.24, 2.45) is 0 Å². The Morgan fingerprint density at radius 1 is 1.24 bits per heavy atom. The van der Waals surface area contributed by atoms with Crippen LogP contribution in [0, 0.1) is 13.8 Å². The summed E-state index contributed by atoms with van der Waals surface area (Å²) in [4.78, 5) is 11.9. The average molecular weight is 234 g/mol. The predicted octanol–water partition coefficient (Wildman–Crippen LogP) is 4.07. The molecule has 0 atom stereocenters. The quantitative estimate of drug-likeness (QED) is 0.718. The average Bonchev–Trinajstić information content (AvgIpc) is 2.24. The molecular weight excluding hydrogens is 212 g/mol. The third-order valence-electron chi connectivity index (χ3n) is 2.88. The summed E-state index contributed by atoms with van der Waals surface area (Å²) in [5.41, 5.74) is 2.95. The van der Waals surface area contributed by atoms with Crippen molar-refractivity contribution in [1.82, 2.24) is 0 Å². The van der Waals surface area contributed by atoms with Gasteiger partial charge in [-0.2, -0.15) is 0 Å². The van der Waals surface area contributed by atoms with Gasteiger partial charge in [0, 0.05) is 12.0 Å². The van der Waals surface area contributed by atoms with Gasteiger partial charge in [-0.1, -0.05) is 6.92 Å². The number of hydrogen-bond donors (Lipinski definition) is 0. The van der Waals surface area contributed by atoms with E-state index in [-0.39, 0.29) is 11.9 Å². The second kappa shape index (κ2) is 5.85. The molecule has 0 bridgehead atoms. The first-order valence-electron chi connectivity index (χ1n) is 6.27. The summed E-state index contributed by atoms with van der Waals surface area (Å²) in [6.45, 7) is 10.0. The van der Waals surface area contributed by atoms with Gasteiger partial charge in [-0.15, -0.1) is 0 Å². The van der Waals surface area contributed by atoms with Crippen LogP contribution in [0.3, 0.4) is 0 Å². The molecule has 94 valence electrons. The Bertz CT molecular complexity index is 406. The molecule has 0 amide bonds. The first-order valence-corrected chi connectivity index (χ1v) is 6.27. The van der Waals surface area contributed by atoms with E-state index in [1.807, 2.05) is 46.8 Å². The van der Waals surface area contributed by atoms with Crippen LogP contribution in [0.15, 0.2) is 12.1 Å². The van der Waals surface area contributed by atoms with Gasteiger partial charge in [0.05, 0.1) is 6.10 Å². The van der Waals surface area contributed by atoms with E-state index in [1.165, 1.54) is 0 Å². The van der Waals surface area contributed by atoms with Crippen LogP contribution in [0.25, 0.3) is 0 Å². The number of carbonyl (C=O) groups excluding carboxylic acids is 1.